The van der Waals surface area contributed by atoms with E-state index < -0.39 is 0 Å². The first-order valence-electron chi connectivity index (χ1n) is 9.03. The first-order valence-corrected chi connectivity index (χ1v) is 9.03. The predicted octanol–water partition coefficient (Wildman–Crippen LogP) is 3.51. The van der Waals surface area contributed by atoms with Gasteiger partial charge in [0.25, 0.3) is 0 Å². The van der Waals surface area contributed by atoms with Crippen molar-refractivity contribution in [1.82, 2.24) is 10.6 Å². The summed E-state index contributed by atoms with van der Waals surface area (Å²) in [4.78, 5) is 12.2. The van der Waals surface area contributed by atoms with Gasteiger partial charge in [0.2, 0.25) is 5.91 Å². The van der Waals surface area contributed by atoms with E-state index in [0.29, 0.717) is 25.0 Å². The molecule has 2 rings (SSSR count). The van der Waals surface area contributed by atoms with Crippen molar-refractivity contribution in [3.05, 3.63) is 29.8 Å². The maximum absolute atomic E-state index is 12.2. The van der Waals surface area contributed by atoms with Gasteiger partial charge < -0.3 is 15.4 Å². The van der Waals surface area contributed by atoms with Crippen LogP contribution in [0.2, 0.25) is 0 Å². The van der Waals surface area contributed by atoms with E-state index in [4.69, 9.17) is 4.74 Å². The lowest BCUT2D eigenvalue weighted by atomic mass is 9.69. The zero-order valence-electron chi connectivity index (χ0n) is 15.5. The van der Waals surface area contributed by atoms with Gasteiger partial charge in [-0.25, -0.2) is 0 Å². The molecule has 0 aliphatic heterocycles. The highest BCUT2D eigenvalue weighted by molar-refractivity contribution is 5.78. The van der Waals surface area contributed by atoms with E-state index in [-0.39, 0.29) is 11.3 Å². The molecule has 2 atom stereocenters. The van der Waals surface area contributed by atoms with E-state index >= 15 is 0 Å². The normalized spacial score (nSPS) is 21.3. The molecule has 1 amide bonds. The molecule has 4 heteroatoms. The van der Waals surface area contributed by atoms with Crippen LogP contribution < -0.4 is 15.4 Å². The Balaban J connectivity index is 1.79. The Kier molecular flexibility index (Phi) is 6.67. The van der Waals surface area contributed by atoms with Crippen molar-refractivity contribution >= 4 is 5.91 Å². The zero-order valence-corrected chi connectivity index (χ0v) is 15.5. The third-order valence-corrected chi connectivity index (χ3v) is 5.03. The second-order valence-corrected chi connectivity index (χ2v) is 7.87. The molecule has 1 fully saturated rings. The minimum atomic E-state index is 0.0519. The van der Waals surface area contributed by atoms with Crippen LogP contribution in [0.1, 0.15) is 52.0 Å². The molecule has 1 aromatic carbocycles. The summed E-state index contributed by atoms with van der Waals surface area (Å²) < 4.78 is 5.21. The van der Waals surface area contributed by atoms with Crippen LogP contribution >= 0.6 is 0 Å². The summed E-state index contributed by atoms with van der Waals surface area (Å²) in [6, 6.07) is 8.23. The van der Waals surface area contributed by atoms with Crippen LogP contribution in [0.25, 0.3) is 0 Å². The topological polar surface area (TPSA) is 50.4 Å². The maximum atomic E-state index is 12.2. The highest BCUT2D eigenvalue weighted by Crippen LogP contribution is 2.37. The van der Waals surface area contributed by atoms with Gasteiger partial charge >= 0.3 is 0 Å². The first kappa shape index (κ1) is 18.8. The Labute approximate surface area is 146 Å². The summed E-state index contributed by atoms with van der Waals surface area (Å²) >= 11 is 0. The van der Waals surface area contributed by atoms with Crippen LogP contribution in [-0.2, 0) is 11.3 Å². The summed E-state index contributed by atoms with van der Waals surface area (Å²) in [6.07, 6.45) is 5.00. The molecule has 1 saturated carbocycles. The molecule has 0 radical (unpaired) electrons. The van der Waals surface area contributed by atoms with E-state index in [1.54, 1.807) is 7.11 Å². The van der Waals surface area contributed by atoms with Crippen LogP contribution in [0.15, 0.2) is 24.3 Å². The van der Waals surface area contributed by atoms with Gasteiger partial charge in [-0.05, 0) is 41.9 Å². The predicted molar refractivity (Wildman–Crippen MR) is 98.0 cm³/mol. The summed E-state index contributed by atoms with van der Waals surface area (Å²) in [5, 5.41) is 6.49. The molecule has 0 aromatic heterocycles. The molecule has 1 aliphatic rings. The molecule has 2 unspecified atom stereocenters. The number of hydrogen-bond donors (Lipinski definition) is 2. The number of ether oxygens (including phenoxy) is 1. The van der Waals surface area contributed by atoms with Gasteiger partial charge in [0.05, 0.1) is 13.7 Å². The largest absolute Gasteiger partial charge is 0.497 e. The fraction of sp³-hybridized carbons (Fsp3) is 0.650. The molecule has 134 valence electrons. The van der Waals surface area contributed by atoms with Gasteiger partial charge in [-0.3, -0.25) is 4.79 Å². The number of methoxy groups -OCH3 is 1. The van der Waals surface area contributed by atoms with E-state index in [1.165, 1.54) is 25.7 Å². The number of carbonyl (C=O) groups is 1. The zero-order chi connectivity index (χ0) is 17.6. The molecule has 0 bridgehead atoms. The van der Waals surface area contributed by atoms with E-state index in [9.17, 15) is 4.79 Å². The molecular weight excluding hydrogens is 300 g/mol. The minimum Gasteiger partial charge on any atom is -0.497 e. The highest BCUT2D eigenvalue weighted by Gasteiger charge is 2.33. The molecule has 1 aromatic rings. The SMILES string of the molecule is COc1cccc(CNC(=O)CNC2CCCCC2C(C)(C)C)c1. The van der Waals surface area contributed by atoms with Gasteiger partial charge in [-0.1, -0.05) is 45.7 Å². The number of benzene rings is 1. The van der Waals surface area contributed by atoms with E-state index in [1.807, 2.05) is 24.3 Å². The van der Waals surface area contributed by atoms with Crippen molar-refractivity contribution in [1.29, 1.82) is 0 Å². The lowest BCUT2D eigenvalue weighted by Crippen LogP contribution is -2.47. The molecular formula is C20H32N2O2. The number of amides is 1. The fourth-order valence-electron chi connectivity index (χ4n) is 3.68. The van der Waals surface area contributed by atoms with Crippen LogP contribution in [0.3, 0.4) is 0 Å². The van der Waals surface area contributed by atoms with E-state index in [0.717, 1.165) is 11.3 Å². The molecule has 4 nitrogen and oxygen atoms in total. The van der Waals surface area contributed by atoms with E-state index in [2.05, 4.69) is 31.4 Å². The molecule has 0 heterocycles. The van der Waals surface area contributed by atoms with Crippen molar-refractivity contribution in [2.75, 3.05) is 13.7 Å². The summed E-state index contributed by atoms with van der Waals surface area (Å²) in [7, 11) is 1.65. The summed E-state index contributed by atoms with van der Waals surface area (Å²) in [6.45, 7) is 7.84. The molecule has 2 N–H and O–H groups in total. The Morgan fingerprint density at radius 3 is 2.71 bits per heavy atom. The molecule has 0 saturated heterocycles. The average Bonchev–Trinajstić information content (AvgIpc) is 2.57. The van der Waals surface area contributed by atoms with Gasteiger partial charge in [0.15, 0.2) is 0 Å². The van der Waals surface area contributed by atoms with Crippen LogP contribution in [0.4, 0.5) is 0 Å². The van der Waals surface area contributed by atoms with Crippen molar-refractivity contribution in [3.63, 3.8) is 0 Å². The maximum Gasteiger partial charge on any atom is 0.234 e. The third-order valence-electron chi connectivity index (χ3n) is 5.03. The number of hydrogen-bond acceptors (Lipinski definition) is 3. The second-order valence-electron chi connectivity index (χ2n) is 7.87. The Morgan fingerprint density at radius 2 is 2.00 bits per heavy atom. The number of rotatable bonds is 6. The standard InChI is InChI=1S/C20H32N2O2/c1-20(2,3)17-10-5-6-11-18(17)21-14-19(23)22-13-15-8-7-9-16(12-15)24-4/h7-9,12,17-18,21H,5-6,10-11,13-14H2,1-4H3,(H,22,23). The second kappa shape index (κ2) is 8.52. The van der Waals surface area contributed by atoms with Gasteiger partial charge in [0, 0.05) is 12.6 Å². The Morgan fingerprint density at radius 1 is 1.25 bits per heavy atom. The van der Waals surface area contributed by atoms with Crippen molar-refractivity contribution in [3.8, 4) is 5.75 Å². The van der Waals surface area contributed by atoms with Gasteiger partial charge in [-0.15, -0.1) is 0 Å². The van der Waals surface area contributed by atoms with Crippen molar-refractivity contribution < 1.29 is 9.53 Å². The van der Waals surface area contributed by atoms with Crippen LogP contribution in [0.5, 0.6) is 5.75 Å². The van der Waals surface area contributed by atoms with Crippen molar-refractivity contribution in [2.45, 2.75) is 59.0 Å². The average molecular weight is 332 g/mol. The summed E-state index contributed by atoms with van der Waals surface area (Å²) in [5.74, 6) is 1.50. The van der Waals surface area contributed by atoms with Crippen LogP contribution in [-0.4, -0.2) is 25.6 Å². The molecule has 24 heavy (non-hydrogen) atoms. The fourth-order valence-corrected chi connectivity index (χ4v) is 3.68. The summed E-state index contributed by atoms with van der Waals surface area (Å²) in [5.41, 5.74) is 1.34. The Hall–Kier alpha value is -1.55. The highest BCUT2D eigenvalue weighted by atomic mass is 16.5. The first-order chi connectivity index (χ1) is 11.4. The minimum absolute atomic E-state index is 0.0519. The third kappa shape index (κ3) is 5.52. The van der Waals surface area contributed by atoms with Crippen molar-refractivity contribution in [2.24, 2.45) is 11.3 Å². The van der Waals surface area contributed by atoms with Gasteiger partial charge in [-0.2, -0.15) is 0 Å². The number of carbonyl (C=O) groups excluding carboxylic acids is 1. The molecule has 1 aliphatic carbocycles. The monoisotopic (exact) mass is 332 g/mol. The van der Waals surface area contributed by atoms with Crippen LogP contribution in [0, 0.1) is 11.3 Å². The lowest BCUT2D eigenvalue weighted by molar-refractivity contribution is -0.120. The molecule has 0 spiro atoms. The Bertz CT molecular complexity index is 537. The lowest BCUT2D eigenvalue weighted by Gasteiger charge is -2.40. The van der Waals surface area contributed by atoms with Gasteiger partial charge in [0.1, 0.15) is 5.75 Å². The number of nitrogens with one attached hydrogen (secondary N) is 2. The smallest absolute Gasteiger partial charge is 0.234 e. The quantitative estimate of drug-likeness (QED) is 0.838.